The molecule has 2 aromatic carbocycles. The van der Waals surface area contributed by atoms with Gasteiger partial charge in [-0.15, -0.1) is 0 Å². The van der Waals surface area contributed by atoms with Crippen LogP contribution in [0.4, 0.5) is 11.4 Å². The van der Waals surface area contributed by atoms with Crippen LogP contribution in [0, 0.1) is 10.1 Å². The number of amides is 1. The Balaban J connectivity index is 2.13. The fourth-order valence-corrected chi connectivity index (χ4v) is 2.49. The summed E-state index contributed by atoms with van der Waals surface area (Å²) in [7, 11) is 0. The predicted molar refractivity (Wildman–Crippen MR) is 93.7 cm³/mol. The molecular formula is C16H12Cl2N2O5. The third-order valence-electron chi connectivity index (χ3n) is 3.13. The molecular weight excluding hydrogens is 371 g/mol. The summed E-state index contributed by atoms with van der Waals surface area (Å²) in [5, 5.41) is 14.0. The van der Waals surface area contributed by atoms with E-state index in [1.165, 1.54) is 37.3 Å². The van der Waals surface area contributed by atoms with Crippen LogP contribution in [0.2, 0.25) is 10.0 Å². The lowest BCUT2D eigenvalue weighted by atomic mass is 10.2. The van der Waals surface area contributed by atoms with Crippen molar-refractivity contribution >= 4 is 46.8 Å². The van der Waals surface area contributed by atoms with Crippen molar-refractivity contribution in [3.8, 4) is 5.75 Å². The number of aldehydes is 1. The fraction of sp³-hybridized carbons (Fsp3) is 0.125. The normalized spacial score (nSPS) is 11.5. The number of anilines is 1. The number of rotatable bonds is 6. The second-order valence-corrected chi connectivity index (χ2v) is 5.88. The first-order valence-electron chi connectivity index (χ1n) is 6.97. The van der Waals surface area contributed by atoms with E-state index in [1.54, 1.807) is 0 Å². The maximum Gasteiger partial charge on any atom is 0.270 e. The minimum Gasteiger partial charge on any atom is -0.480 e. The summed E-state index contributed by atoms with van der Waals surface area (Å²) in [5.41, 5.74) is 0.108. The van der Waals surface area contributed by atoms with Crippen LogP contribution in [-0.2, 0) is 4.79 Å². The SMILES string of the molecule is C[C@H](Oc1ccc([N+](=O)[O-])cc1C=O)C(=O)Nc1cc(Cl)cc(Cl)c1. The van der Waals surface area contributed by atoms with E-state index in [0.717, 1.165) is 6.07 Å². The van der Waals surface area contributed by atoms with Gasteiger partial charge in [0.2, 0.25) is 0 Å². The summed E-state index contributed by atoms with van der Waals surface area (Å²) in [5.74, 6) is -0.444. The summed E-state index contributed by atoms with van der Waals surface area (Å²) in [6.45, 7) is 1.47. The lowest BCUT2D eigenvalue weighted by Crippen LogP contribution is -2.30. The van der Waals surface area contributed by atoms with Gasteiger partial charge in [0.1, 0.15) is 5.75 Å². The molecule has 9 heteroatoms. The number of non-ortho nitro benzene ring substituents is 1. The van der Waals surface area contributed by atoms with Gasteiger partial charge in [0.15, 0.2) is 12.4 Å². The highest BCUT2D eigenvalue weighted by Gasteiger charge is 2.18. The van der Waals surface area contributed by atoms with Gasteiger partial charge in [-0.1, -0.05) is 23.2 Å². The average Bonchev–Trinajstić information content (AvgIpc) is 2.53. The van der Waals surface area contributed by atoms with Crippen molar-refractivity contribution in [1.29, 1.82) is 0 Å². The van der Waals surface area contributed by atoms with E-state index in [4.69, 9.17) is 27.9 Å². The molecule has 7 nitrogen and oxygen atoms in total. The first kappa shape index (κ1) is 18.7. The molecule has 0 radical (unpaired) electrons. The van der Waals surface area contributed by atoms with Crippen LogP contribution in [-0.4, -0.2) is 23.2 Å². The van der Waals surface area contributed by atoms with E-state index >= 15 is 0 Å². The van der Waals surface area contributed by atoms with Crippen molar-refractivity contribution in [2.24, 2.45) is 0 Å². The first-order valence-corrected chi connectivity index (χ1v) is 7.73. The average molecular weight is 383 g/mol. The molecule has 130 valence electrons. The number of hydrogen-bond acceptors (Lipinski definition) is 5. The van der Waals surface area contributed by atoms with Crippen LogP contribution in [0.5, 0.6) is 5.75 Å². The first-order chi connectivity index (χ1) is 11.8. The maximum atomic E-state index is 12.2. The zero-order valence-electron chi connectivity index (χ0n) is 12.9. The summed E-state index contributed by atoms with van der Waals surface area (Å²) in [6, 6.07) is 8.07. The van der Waals surface area contributed by atoms with Gasteiger partial charge in [0.05, 0.1) is 10.5 Å². The van der Waals surface area contributed by atoms with E-state index in [0.29, 0.717) is 22.0 Å². The van der Waals surface area contributed by atoms with Gasteiger partial charge < -0.3 is 10.1 Å². The molecule has 2 aromatic rings. The summed E-state index contributed by atoms with van der Waals surface area (Å²) < 4.78 is 5.43. The molecule has 0 aliphatic carbocycles. The minimum absolute atomic E-state index is 0.0281. The number of carbonyl (C=O) groups excluding carboxylic acids is 2. The van der Waals surface area contributed by atoms with E-state index < -0.39 is 16.9 Å². The number of nitrogens with one attached hydrogen (secondary N) is 1. The Labute approximate surface area is 152 Å². The van der Waals surface area contributed by atoms with Gasteiger partial charge in [0, 0.05) is 27.9 Å². The molecule has 2 rings (SSSR count). The quantitative estimate of drug-likeness (QED) is 0.460. The second-order valence-electron chi connectivity index (χ2n) is 5.00. The van der Waals surface area contributed by atoms with Gasteiger partial charge in [-0.3, -0.25) is 19.7 Å². The van der Waals surface area contributed by atoms with Crippen molar-refractivity contribution in [3.63, 3.8) is 0 Å². The number of benzene rings is 2. The number of carbonyl (C=O) groups is 2. The number of halogens is 2. The van der Waals surface area contributed by atoms with Crippen molar-refractivity contribution < 1.29 is 19.2 Å². The largest absolute Gasteiger partial charge is 0.480 e. The number of nitrogens with zero attached hydrogens (tertiary/aromatic N) is 1. The van der Waals surface area contributed by atoms with Crippen molar-refractivity contribution in [2.75, 3.05) is 5.32 Å². The Kier molecular flexibility index (Phi) is 5.95. The molecule has 0 aliphatic rings. The zero-order valence-corrected chi connectivity index (χ0v) is 14.4. The van der Waals surface area contributed by atoms with Gasteiger partial charge in [-0.25, -0.2) is 0 Å². The molecule has 0 bridgehead atoms. The van der Waals surface area contributed by atoms with Crippen LogP contribution in [0.25, 0.3) is 0 Å². The standard InChI is InChI=1S/C16H12Cl2N2O5/c1-9(16(22)19-13-6-11(17)5-12(18)7-13)25-15-3-2-14(20(23)24)4-10(15)8-21/h2-9H,1H3,(H,19,22)/t9-/m0/s1. The number of nitro groups is 1. The predicted octanol–water partition coefficient (Wildman–Crippen LogP) is 4.12. The van der Waals surface area contributed by atoms with Gasteiger partial charge in [0.25, 0.3) is 11.6 Å². The second kappa shape index (κ2) is 7.96. The Morgan fingerprint density at radius 3 is 2.44 bits per heavy atom. The highest BCUT2D eigenvalue weighted by molar-refractivity contribution is 6.35. The Morgan fingerprint density at radius 2 is 1.88 bits per heavy atom. The van der Waals surface area contributed by atoms with E-state index in [1.807, 2.05) is 0 Å². The van der Waals surface area contributed by atoms with E-state index in [-0.39, 0.29) is 17.0 Å². The summed E-state index contributed by atoms with van der Waals surface area (Å²) >= 11 is 11.7. The molecule has 1 N–H and O–H groups in total. The van der Waals surface area contributed by atoms with Crippen LogP contribution < -0.4 is 10.1 Å². The molecule has 0 unspecified atom stereocenters. The van der Waals surface area contributed by atoms with Crippen LogP contribution in [0.15, 0.2) is 36.4 Å². The molecule has 0 fully saturated rings. The van der Waals surface area contributed by atoms with E-state index in [2.05, 4.69) is 5.32 Å². The van der Waals surface area contributed by atoms with Crippen molar-refractivity contribution in [1.82, 2.24) is 0 Å². The number of hydrogen-bond donors (Lipinski definition) is 1. The molecule has 1 amide bonds. The lowest BCUT2D eigenvalue weighted by molar-refractivity contribution is -0.384. The number of ether oxygens (including phenoxy) is 1. The monoisotopic (exact) mass is 382 g/mol. The van der Waals surface area contributed by atoms with Gasteiger partial charge in [-0.05, 0) is 31.2 Å². The molecule has 0 heterocycles. The Morgan fingerprint density at radius 1 is 1.24 bits per heavy atom. The third-order valence-corrected chi connectivity index (χ3v) is 3.57. The smallest absolute Gasteiger partial charge is 0.270 e. The van der Waals surface area contributed by atoms with Crippen LogP contribution in [0.3, 0.4) is 0 Å². The molecule has 1 atom stereocenters. The Bertz CT molecular complexity index is 821. The Hall–Kier alpha value is -2.64. The van der Waals surface area contributed by atoms with E-state index in [9.17, 15) is 19.7 Å². The highest BCUT2D eigenvalue weighted by atomic mass is 35.5. The molecule has 0 spiro atoms. The number of nitro benzene ring substituents is 1. The van der Waals surface area contributed by atoms with Gasteiger partial charge >= 0.3 is 0 Å². The van der Waals surface area contributed by atoms with Crippen molar-refractivity contribution in [3.05, 3.63) is 62.1 Å². The molecule has 0 saturated carbocycles. The van der Waals surface area contributed by atoms with Crippen molar-refractivity contribution in [2.45, 2.75) is 13.0 Å². The third kappa shape index (κ3) is 4.91. The molecule has 0 aliphatic heterocycles. The fourth-order valence-electron chi connectivity index (χ4n) is 1.96. The molecule has 0 saturated heterocycles. The topological polar surface area (TPSA) is 98.5 Å². The lowest BCUT2D eigenvalue weighted by Gasteiger charge is -2.16. The molecule has 25 heavy (non-hydrogen) atoms. The van der Waals surface area contributed by atoms with Gasteiger partial charge in [-0.2, -0.15) is 0 Å². The molecule has 0 aromatic heterocycles. The van der Waals surface area contributed by atoms with Crippen LogP contribution in [0.1, 0.15) is 17.3 Å². The maximum absolute atomic E-state index is 12.2. The minimum atomic E-state index is -0.974. The summed E-state index contributed by atoms with van der Waals surface area (Å²) in [4.78, 5) is 33.4. The highest BCUT2D eigenvalue weighted by Crippen LogP contribution is 2.25. The zero-order chi connectivity index (χ0) is 18.6. The summed E-state index contributed by atoms with van der Waals surface area (Å²) in [6.07, 6.45) is -0.554. The van der Waals surface area contributed by atoms with Crippen LogP contribution >= 0.6 is 23.2 Å².